The van der Waals surface area contributed by atoms with Crippen LogP contribution in [-0.4, -0.2) is 51.4 Å². The molecule has 0 saturated carbocycles. The highest BCUT2D eigenvalue weighted by Crippen LogP contribution is 2.26. The molecule has 0 fully saturated rings. The van der Waals surface area contributed by atoms with Gasteiger partial charge in [0.2, 0.25) is 11.8 Å². The maximum absolute atomic E-state index is 14.5. The average Bonchev–Trinajstić information content (AvgIpc) is 3.05. The Bertz CT molecular complexity index is 1640. The van der Waals surface area contributed by atoms with Crippen molar-refractivity contribution < 1.29 is 22.7 Å². The summed E-state index contributed by atoms with van der Waals surface area (Å²) in [6.07, 6.45) is 0.263. The van der Waals surface area contributed by atoms with Gasteiger partial charge in [-0.05, 0) is 60.4 Å². The first-order valence-electron chi connectivity index (χ1n) is 15.0. The van der Waals surface area contributed by atoms with E-state index in [2.05, 4.69) is 5.32 Å². The molecule has 2 amide bonds. The van der Waals surface area contributed by atoms with Crippen LogP contribution in [0.1, 0.15) is 30.5 Å². The van der Waals surface area contributed by atoms with Crippen LogP contribution < -0.4 is 14.4 Å². The molecule has 4 rings (SSSR count). The maximum Gasteiger partial charge on any atom is 0.264 e. The summed E-state index contributed by atoms with van der Waals surface area (Å²) in [6, 6.07) is 31.0. The fourth-order valence-electron chi connectivity index (χ4n) is 4.87. The van der Waals surface area contributed by atoms with Crippen LogP contribution in [0, 0.1) is 12.8 Å². The number of ether oxygens (including phenoxy) is 1. The SMILES string of the molecule is COc1ccc(S(=O)(=O)N(CC(=O)N(Cc2ccccc2)C(Cc2ccccc2)C(=O)NCC(C)C)c2ccc(C)cc2)cc1. The average molecular weight is 628 g/mol. The first-order valence-corrected chi connectivity index (χ1v) is 16.4. The van der Waals surface area contributed by atoms with Gasteiger partial charge in [0.1, 0.15) is 18.3 Å². The molecule has 0 bridgehead atoms. The standard InChI is InChI=1S/C36H41N3O5S/c1-27(2)24-37-36(41)34(23-29-11-7-5-8-12-29)38(25-30-13-9-6-10-14-30)35(40)26-39(31-17-15-28(3)16-18-31)45(42,43)33-21-19-32(44-4)20-22-33/h5-22,27,34H,23-26H2,1-4H3,(H,37,41). The van der Waals surface area contributed by atoms with Crippen LogP contribution in [0.25, 0.3) is 0 Å². The van der Waals surface area contributed by atoms with Gasteiger partial charge in [0.05, 0.1) is 17.7 Å². The topological polar surface area (TPSA) is 96.0 Å². The number of anilines is 1. The second-order valence-corrected chi connectivity index (χ2v) is 13.2. The number of methoxy groups -OCH3 is 1. The molecule has 4 aromatic carbocycles. The third-order valence-electron chi connectivity index (χ3n) is 7.40. The van der Waals surface area contributed by atoms with Gasteiger partial charge in [0, 0.05) is 19.5 Å². The Morgan fingerprint density at radius 2 is 1.38 bits per heavy atom. The van der Waals surface area contributed by atoms with Crippen molar-refractivity contribution in [3.63, 3.8) is 0 Å². The van der Waals surface area contributed by atoms with Crippen molar-refractivity contribution >= 4 is 27.5 Å². The van der Waals surface area contributed by atoms with Crippen LogP contribution in [0.3, 0.4) is 0 Å². The van der Waals surface area contributed by atoms with Crippen molar-refractivity contribution in [1.29, 1.82) is 0 Å². The van der Waals surface area contributed by atoms with Gasteiger partial charge < -0.3 is 15.0 Å². The van der Waals surface area contributed by atoms with Gasteiger partial charge in [0.25, 0.3) is 10.0 Å². The number of hydrogen-bond donors (Lipinski definition) is 1. The van der Waals surface area contributed by atoms with E-state index in [0.29, 0.717) is 18.0 Å². The Morgan fingerprint density at radius 3 is 1.93 bits per heavy atom. The number of amides is 2. The molecule has 0 radical (unpaired) electrons. The Kier molecular flexibility index (Phi) is 11.4. The highest BCUT2D eigenvalue weighted by atomic mass is 32.2. The highest BCUT2D eigenvalue weighted by molar-refractivity contribution is 7.92. The molecule has 236 valence electrons. The number of nitrogens with zero attached hydrogens (tertiary/aromatic N) is 2. The predicted molar refractivity (Wildman–Crippen MR) is 177 cm³/mol. The van der Waals surface area contributed by atoms with Crippen LogP contribution in [0.2, 0.25) is 0 Å². The summed E-state index contributed by atoms with van der Waals surface area (Å²) in [4.78, 5) is 29.8. The Balaban J connectivity index is 1.78. The van der Waals surface area contributed by atoms with Crippen molar-refractivity contribution in [2.24, 2.45) is 5.92 Å². The summed E-state index contributed by atoms with van der Waals surface area (Å²) in [5, 5.41) is 3.01. The predicted octanol–water partition coefficient (Wildman–Crippen LogP) is 5.61. The molecule has 0 heterocycles. The fraction of sp³-hybridized carbons (Fsp3) is 0.278. The van der Waals surface area contributed by atoms with Gasteiger partial charge in [-0.2, -0.15) is 0 Å². The van der Waals surface area contributed by atoms with E-state index in [-0.39, 0.29) is 29.7 Å². The van der Waals surface area contributed by atoms with Gasteiger partial charge in [-0.1, -0.05) is 92.2 Å². The first kappa shape index (κ1) is 33.3. The molecule has 0 aliphatic rings. The van der Waals surface area contributed by atoms with Crippen molar-refractivity contribution in [3.8, 4) is 5.75 Å². The summed E-state index contributed by atoms with van der Waals surface area (Å²) < 4.78 is 34.6. The first-order chi connectivity index (χ1) is 21.6. The van der Waals surface area contributed by atoms with Crippen LogP contribution in [0.4, 0.5) is 5.69 Å². The van der Waals surface area contributed by atoms with Gasteiger partial charge in [-0.3, -0.25) is 13.9 Å². The second-order valence-electron chi connectivity index (χ2n) is 11.4. The van der Waals surface area contributed by atoms with E-state index in [1.54, 1.807) is 36.4 Å². The summed E-state index contributed by atoms with van der Waals surface area (Å²) in [7, 11) is -2.68. The zero-order valence-electron chi connectivity index (χ0n) is 26.2. The number of rotatable bonds is 14. The van der Waals surface area contributed by atoms with Gasteiger partial charge in [-0.15, -0.1) is 0 Å². The van der Waals surface area contributed by atoms with Gasteiger partial charge in [-0.25, -0.2) is 8.42 Å². The van der Waals surface area contributed by atoms with Crippen LogP contribution in [0.15, 0.2) is 114 Å². The minimum absolute atomic E-state index is 0.0156. The molecule has 0 aliphatic heterocycles. The lowest BCUT2D eigenvalue weighted by molar-refractivity contribution is -0.140. The molecule has 1 N–H and O–H groups in total. The van der Waals surface area contributed by atoms with Gasteiger partial charge >= 0.3 is 0 Å². The largest absolute Gasteiger partial charge is 0.497 e. The molecule has 45 heavy (non-hydrogen) atoms. The number of aryl methyl sites for hydroxylation is 1. The molecule has 9 heteroatoms. The molecule has 0 saturated heterocycles. The zero-order valence-corrected chi connectivity index (χ0v) is 27.0. The molecule has 1 atom stereocenters. The van der Waals surface area contributed by atoms with E-state index in [0.717, 1.165) is 21.0 Å². The van der Waals surface area contributed by atoms with E-state index in [1.165, 1.54) is 24.1 Å². The van der Waals surface area contributed by atoms with Crippen LogP contribution in [-0.2, 0) is 32.6 Å². The number of carbonyl (C=O) groups is 2. The molecular formula is C36H41N3O5S. The molecule has 4 aromatic rings. The number of sulfonamides is 1. The third-order valence-corrected chi connectivity index (χ3v) is 9.19. The smallest absolute Gasteiger partial charge is 0.264 e. The van der Waals surface area contributed by atoms with E-state index in [1.807, 2.05) is 81.4 Å². The normalized spacial score (nSPS) is 11.9. The summed E-state index contributed by atoms with van der Waals surface area (Å²) >= 11 is 0. The van der Waals surface area contributed by atoms with Gasteiger partial charge in [0.15, 0.2) is 0 Å². The third kappa shape index (κ3) is 8.95. The number of benzene rings is 4. The monoisotopic (exact) mass is 627 g/mol. The molecule has 0 aliphatic carbocycles. The lowest BCUT2D eigenvalue weighted by atomic mass is 10.0. The molecule has 8 nitrogen and oxygen atoms in total. The van der Waals surface area contributed by atoms with E-state index in [4.69, 9.17) is 4.74 Å². The van der Waals surface area contributed by atoms with Crippen LogP contribution >= 0.6 is 0 Å². The summed E-state index contributed by atoms with van der Waals surface area (Å²) in [6.45, 7) is 5.97. The quantitative estimate of drug-likeness (QED) is 0.196. The van der Waals surface area contributed by atoms with E-state index >= 15 is 0 Å². The molecule has 0 aromatic heterocycles. The lowest BCUT2D eigenvalue weighted by Gasteiger charge is -2.34. The maximum atomic E-state index is 14.5. The Hall–Kier alpha value is -4.63. The van der Waals surface area contributed by atoms with Crippen molar-refractivity contribution in [2.75, 3.05) is 24.5 Å². The minimum Gasteiger partial charge on any atom is -0.497 e. The summed E-state index contributed by atoms with van der Waals surface area (Å²) in [5.74, 6) is -0.0812. The van der Waals surface area contributed by atoms with Crippen molar-refractivity contribution in [2.45, 2.75) is 44.7 Å². The fourth-order valence-corrected chi connectivity index (χ4v) is 6.29. The number of nitrogens with one attached hydrogen (secondary N) is 1. The highest BCUT2D eigenvalue weighted by Gasteiger charge is 2.34. The molecular weight excluding hydrogens is 586 g/mol. The minimum atomic E-state index is -4.19. The van der Waals surface area contributed by atoms with Crippen molar-refractivity contribution in [3.05, 3.63) is 126 Å². The number of carbonyl (C=O) groups excluding carboxylic acids is 2. The Labute approximate surface area is 266 Å². The van der Waals surface area contributed by atoms with E-state index < -0.39 is 28.5 Å². The van der Waals surface area contributed by atoms with Crippen molar-refractivity contribution in [1.82, 2.24) is 10.2 Å². The lowest BCUT2D eigenvalue weighted by Crippen LogP contribution is -2.53. The number of hydrogen-bond acceptors (Lipinski definition) is 5. The zero-order chi connectivity index (χ0) is 32.4. The second kappa shape index (κ2) is 15.4. The van der Waals surface area contributed by atoms with E-state index in [9.17, 15) is 18.0 Å². The molecule has 0 spiro atoms. The Morgan fingerprint density at radius 1 is 0.800 bits per heavy atom. The van der Waals surface area contributed by atoms with Crippen LogP contribution in [0.5, 0.6) is 5.75 Å². The molecule has 1 unspecified atom stereocenters. The summed E-state index contributed by atoms with van der Waals surface area (Å²) in [5.41, 5.74) is 2.99.